The fourth-order valence-electron chi connectivity index (χ4n) is 8.43. The molecule has 0 aliphatic carbocycles. The largest absolute Gasteiger partial charge is 0.496 e. The van der Waals surface area contributed by atoms with Crippen LogP contribution in [-0.4, -0.2) is 86.2 Å². The van der Waals surface area contributed by atoms with Crippen LogP contribution < -0.4 is 9.47 Å². The zero-order valence-electron chi connectivity index (χ0n) is 41.5. The van der Waals surface area contributed by atoms with E-state index in [2.05, 4.69) is 148 Å². The molecule has 0 saturated heterocycles. The lowest BCUT2D eigenvalue weighted by Crippen LogP contribution is -2.33. The summed E-state index contributed by atoms with van der Waals surface area (Å²) in [6.45, 7) is 26.5. The maximum atomic E-state index is 6.73. The van der Waals surface area contributed by atoms with Gasteiger partial charge in [0.05, 0.1) is 37.0 Å². The fourth-order valence-corrected chi connectivity index (χ4v) is 8.43. The molecule has 3 aromatic carbocycles. The number of hydrogen-bond donors (Lipinski definition) is 0. The summed E-state index contributed by atoms with van der Waals surface area (Å²) in [6.07, 6.45) is 18.2. The summed E-state index contributed by atoms with van der Waals surface area (Å²) in [5, 5.41) is 0. The Hall–Kier alpha value is -4.06. The van der Waals surface area contributed by atoms with Gasteiger partial charge >= 0.3 is 0 Å². The third kappa shape index (κ3) is 15.6. The van der Waals surface area contributed by atoms with Crippen LogP contribution in [0.1, 0.15) is 180 Å². The molecule has 0 N–H and O–H groups in total. The monoisotopic (exact) mass is 851 g/mol. The third-order valence-electron chi connectivity index (χ3n) is 12.1. The summed E-state index contributed by atoms with van der Waals surface area (Å²) >= 11 is 0. The van der Waals surface area contributed by atoms with Crippen molar-refractivity contribution in [3.05, 3.63) is 95.1 Å². The van der Waals surface area contributed by atoms with E-state index in [1.807, 2.05) is 14.2 Å². The minimum atomic E-state index is 0.901. The molecule has 0 radical (unpaired) electrons. The Kier molecular flexibility index (Phi) is 26.1. The van der Waals surface area contributed by atoms with Crippen LogP contribution in [0.15, 0.2) is 72.8 Å². The first kappa shape index (κ1) is 52.3. The van der Waals surface area contributed by atoms with E-state index < -0.39 is 0 Å². The highest BCUT2D eigenvalue weighted by Gasteiger charge is 2.30. The number of rotatable bonds is 34. The van der Waals surface area contributed by atoms with E-state index in [-0.39, 0.29) is 0 Å². The molecule has 6 heteroatoms. The molecular weight excluding hydrogens is 761 g/mol. The van der Waals surface area contributed by atoms with E-state index in [9.17, 15) is 0 Å². The first-order valence-electron chi connectivity index (χ1n) is 25.3. The molecule has 62 heavy (non-hydrogen) atoms. The Morgan fingerprint density at radius 2 is 0.565 bits per heavy atom. The Morgan fingerprint density at radius 1 is 0.339 bits per heavy atom. The Morgan fingerprint density at radius 3 is 0.774 bits per heavy atom. The number of hydrogen-bond acceptors (Lipinski definition) is 6. The van der Waals surface area contributed by atoms with E-state index in [4.69, 9.17) is 9.47 Å². The molecule has 6 nitrogen and oxygen atoms in total. The summed E-state index contributed by atoms with van der Waals surface area (Å²) in [5.41, 5.74) is 9.90. The maximum absolute atomic E-state index is 6.73. The van der Waals surface area contributed by atoms with E-state index in [1.54, 1.807) is 0 Å². The van der Waals surface area contributed by atoms with Crippen molar-refractivity contribution in [2.75, 3.05) is 66.6 Å². The Bertz CT molecular complexity index is 1530. The van der Waals surface area contributed by atoms with Gasteiger partial charge in [0.15, 0.2) is 0 Å². The minimum absolute atomic E-state index is 0.901. The standard InChI is InChI=1S/C56H90N4O2/c1-11-19-37-57(38-20-12-2)53(47-33-29-27-30-34-47)55(59(41-23-15-5)42-24-16-6)49-45-52(62-10)50(46-51(49)61-9)56(60(43-25-17-7)44-26-18-8)54(48-35-31-28-32-36-48)58(39-21-13-3)40-22-14-4/h27-36,45-46H,11-26,37-44H2,1-10H3. The van der Waals surface area contributed by atoms with Gasteiger partial charge in [0.25, 0.3) is 0 Å². The van der Waals surface area contributed by atoms with E-state index in [0.29, 0.717) is 0 Å². The van der Waals surface area contributed by atoms with Gasteiger partial charge in [-0.15, -0.1) is 0 Å². The van der Waals surface area contributed by atoms with Crippen molar-refractivity contribution in [3.63, 3.8) is 0 Å². The molecule has 0 amide bonds. The van der Waals surface area contributed by atoms with E-state index >= 15 is 0 Å². The smallest absolute Gasteiger partial charge is 0.129 e. The van der Waals surface area contributed by atoms with Gasteiger partial charge in [-0.3, -0.25) is 0 Å². The predicted octanol–water partition coefficient (Wildman–Crippen LogP) is 15.0. The molecule has 0 spiro atoms. The predicted molar refractivity (Wildman–Crippen MR) is 272 cm³/mol. The third-order valence-corrected chi connectivity index (χ3v) is 12.1. The quantitative estimate of drug-likeness (QED) is 0.0557. The van der Waals surface area contributed by atoms with Crippen molar-refractivity contribution in [2.24, 2.45) is 0 Å². The van der Waals surface area contributed by atoms with Gasteiger partial charge in [-0.25, -0.2) is 0 Å². The van der Waals surface area contributed by atoms with Crippen LogP contribution in [0.5, 0.6) is 11.5 Å². The van der Waals surface area contributed by atoms with Crippen LogP contribution in [0.4, 0.5) is 0 Å². The molecule has 0 atom stereocenters. The molecule has 0 heterocycles. The van der Waals surface area contributed by atoms with Crippen LogP contribution in [0, 0.1) is 0 Å². The Labute approximate surface area is 381 Å². The van der Waals surface area contributed by atoms with Crippen LogP contribution in [0.3, 0.4) is 0 Å². The zero-order valence-corrected chi connectivity index (χ0v) is 41.5. The molecule has 0 aliphatic heterocycles. The van der Waals surface area contributed by atoms with Crippen LogP contribution >= 0.6 is 0 Å². The van der Waals surface area contributed by atoms with Gasteiger partial charge in [-0.2, -0.15) is 0 Å². The second-order valence-corrected chi connectivity index (χ2v) is 17.2. The maximum Gasteiger partial charge on any atom is 0.129 e. The van der Waals surface area contributed by atoms with Gasteiger partial charge in [0.1, 0.15) is 11.5 Å². The highest BCUT2D eigenvalue weighted by Crippen LogP contribution is 2.45. The number of nitrogens with zero attached hydrogens (tertiary/aromatic N) is 4. The van der Waals surface area contributed by atoms with E-state index in [1.165, 1.54) is 33.9 Å². The molecule has 3 rings (SSSR count). The van der Waals surface area contributed by atoms with Gasteiger partial charge in [-0.05, 0) is 74.6 Å². The molecule has 0 unspecified atom stereocenters. The average Bonchev–Trinajstić information content (AvgIpc) is 3.31. The second-order valence-electron chi connectivity index (χ2n) is 17.2. The molecular formula is C56H90N4O2. The number of benzene rings is 3. The first-order chi connectivity index (χ1) is 30.4. The lowest BCUT2D eigenvalue weighted by atomic mass is 9.95. The highest BCUT2D eigenvalue weighted by molar-refractivity contribution is 5.95. The zero-order chi connectivity index (χ0) is 45.0. The van der Waals surface area contributed by atoms with Gasteiger partial charge in [0, 0.05) is 63.5 Å². The lowest BCUT2D eigenvalue weighted by Gasteiger charge is -2.38. The topological polar surface area (TPSA) is 31.4 Å². The van der Waals surface area contributed by atoms with Crippen molar-refractivity contribution in [3.8, 4) is 11.5 Å². The first-order valence-corrected chi connectivity index (χ1v) is 25.3. The second kappa shape index (κ2) is 30.9. The van der Waals surface area contributed by atoms with Crippen molar-refractivity contribution in [1.29, 1.82) is 0 Å². The van der Waals surface area contributed by atoms with Crippen molar-refractivity contribution < 1.29 is 9.47 Å². The minimum Gasteiger partial charge on any atom is -0.496 e. The van der Waals surface area contributed by atoms with Crippen molar-refractivity contribution >= 4 is 22.8 Å². The van der Waals surface area contributed by atoms with Gasteiger partial charge < -0.3 is 29.1 Å². The molecule has 0 fully saturated rings. The normalized spacial score (nSPS) is 12.2. The van der Waals surface area contributed by atoms with Gasteiger partial charge in [-0.1, -0.05) is 167 Å². The molecule has 3 aromatic rings. The fraction of sp³-hybridized carbons (Fsp3) is 0.607. The molecule has 0 bridgehead atoms. The van der Waals surface area contributed by atoms with Crippen molar-refractivity contribution in [1.82, 2.24) is 19.6 Å². The Balaban J connectivity index is 2.71. The number of ether oxygens (including phenoxy) is 2. The molecule has 0 saturated carbocycles. The molecule has 0 aliphatic rings. The summed E-state index contributed by atoms with van der Waals surface area (Å²) in [5.74, 6) is 1.80. The average molecular weight is 851 g/mol. The molecule has 346 valence electrons. The van der Waals surface area contributed by atoms with E-state index in [0.717, 1.165) is 178 Å². The van der Waals surface area contributed by atoms with Crippen LogP contribution in [0.2, 0.25) is 0 Å². The summed E-state index contributed by atoms with van der Waals surface area (Å²) in [7, 11) is 3.76. The number of unbranched alkanes of at least 4 members (excludes halogenated alkanes) is 8. The van der Waals surface area contributed by atoms with Crippen molar-refractivity contribution in [2.45, 2.75) is 158 Å². The summed E-state index contributed by atoms with van der Waals surface area (Å²) < 4.78 is 13.5. The SMILES string of the molecule is CCCCN(CCCC)C(=C(c1cc(OC)c(C(=C(c2ccccc2)N(CCCC)CCCC)N(CCCC)CCCC)cc1OC)N(CCCC)CCCC)c1ccccc1. The summed E-state index contributed by atoms with van der Waals surface area (Å²) in [4.78, 5) is 10.8. The summed E-state index contributed by atoms with van der Waals surface area (Å²) in [6, 6.07) is 27.1. The number of methoxy groups -OCH3 is 2. The van der Waals surface area contributed by atoms with Crippen LogP contribution in [0.25, 0.3) is 22.8 Å². The molecule has 0 aromatic heterocycles. The van der Waals surface area contributed by atoms with Crippen LogP contribution in [-0.2, 0) is 0 Å². The van der Waals surface area contributed by atoms with Gasteiger partial charge in [0.2, 0.25) is 0 Å². The highest BCUT2D eigenvalue weighted by atomic mass is 16.5. The lowest BCUT2D eigenvalue weighted by molar-refractivity contribution is 0.348.